The van der Waals surface area contributed by atoms with Gasteiger partial charge in [-0.3, -0.25) is 9.59 Å². The molecule has 0 bridgehead atoms. The summed E-state index contributed by atoms with van der Waals surface area (Å²) in [6.45, 7) is 2.28. The topological polar surface area (TPSA) is 95.9 Å². The molecule has 0 aromatic heterocycles. The number of alkyl carbamates (subject to hydrolysis) is 1. The molecule has 0 aliphatic heterocycles. The van der Waals surface area contributed by atoms with Gasteiger partial charge in [0.2, 0.25) is 5.91 Å². The van der Waals surface area contributed by atoms with Crippen LogP contribution in [0.15, 0.2) is 48.5 Å². The molecule has 2 amide bonds. The van der Waals surface area contributed by atoms with Crippen molar-refractivity contribution in [1.29, 1.82) is 0 Å². The lowest BCUT2D eigenvalue weighted by Gasteiger charge is -2.27. The number of carbonyl (C=O) groups excluding carboxylic acids is 2. The molecule has 7 nitrogen and oxygen atoms in total. The van der Waals surface area contributed by atoms with Crippen molar-refractivity contribution in [3.05, 3.63) is 59.7 Å². The maximum absolute atomic E-state index is 13.1. The summed E-state index contributed by atoms with van der Waals surface area (Å²) < 4.78 is 5.61. The fourth-order valence-electron chi connectivity index (χ4n) is 4.60. The van der Waals surface area contributed by atoms with Crippen molar-refractivity contribution < 1.29 is 24.2 Å². The Labute approximate surface area is 193 Å². The van der Waals surface area contributed by atoms with Crippen LogP contribution >= 0.6 is 0 Å². The van der Waals surface area contributed by atoms with Crippen molar-refractivity contribution in [3.8, 4) is 11.1 Å². The summed E-state index contributed by atoms with van der Waals surface area (Å²) in [7, 11) is 0. The Kier molecular flexibility index (Phi) is 6.96. The SMILES string of the molecule is CCCC(NC(=O)OCC1c2ccccc2-c2ccccc21)C(=O)N(CCC(=O)O)C1CC1. The molecule has 0 heterocycles. The third-order valence-electron chi connectivity index (χ3n) is 6.35. The van der Waals surface area contributed by atoms with E-state index in [1.54, 1.807) is 4.90 Å². The minimum Gasteiger partial charge on any atom is -0.481 e. The Morgan fingerprint density at radius 3 is 2.21 bits per heavy atom. The molecule has 1 fully saturated rings. The third-order valence-corrected chi connectivity index (χ3v) is 6.35. The van der Waals surface area contributed by atoms with Crippen LogP contribution < -0.4 is 5.32 Å². The molecule has 2 N–H and O–H groups in total. The number of nitrogens with one attached hydrogen (secondary N) is 1. The normalized spacial score (nSPS) is 15.3. The van der Waals surface area contributed by atoms with E-state index in [4.69, 9.17) is 9.84 Å². The van der Waals surface area contributed by atoms with E-state index in [2.05, 4.69) is 29.6 Å². The molecule has 174 valence electrons. The highest BCUT2D eigenvalue weighted by Crippen LogP contribution is 2.44. The lowest BCUT2D eigenvalue weighted by molar-refractivity contribution is -0.139. The Balaban J connectivity index is 1.40. The number of hydrogen-bond acceptors (Lipinski definition) is 4. The van der Waals surface area contributed by atoms with Gasteiger partial charge in [-0.2, -0.15) is 0 Å². The van der Waals surface area contributed by atoms with Crippen LogP contribution in [-0.4, -0.2) is 53.2 Å². The summed E-state index contributed by atoms with van der Waals surface area (Å²) in [6, 6.07) is 15.6. The van der Waals surface area contributed by atoms with Crippen molar-refractivity contribution >= 4 is 18.0 Å². The smallest absolute Gasteiger partial charge is 0.407 e. The average Bonchev–Trinajstić information content (AvgIpc) is 3.59. The quantitative estimate of drug-likeness (QED) is 0.567. The van der Waals surface area contributed by atoms with E-state index in [0.717, 1.165) is 35.1 Å². The molecule has 0 saturated heterocycles. The van der Waals surface area contributed by atoms with E-state index >= 15 is 0 Å². The molecule has 1 saturated carbocycles. The first-order valence-electron chi connectivity index (χ1n) is 11.6. The zero-order valence-corrected chi connectivity index (χ0v) is 18.8. The predicted octanol–water partition coefficient (Wildman–Crippen LogP) is 4.16. The van der Waals surface area contributed by atoms with Gasteiger partial charge in [-0.1, -0.05) is 61.9 Å². The highest BCUT2D eigenvalue weighted by atomic mass is 16.5. The van der Waals surface area contributed by atoms with Crippen LogP contribution in [-0.2, 0) is 14.3 Å². The molecule has 2 aliphatic rings. The molecule has 7 heteroatoms. The second-order valence-corrected chi connectivity index (χ2v) is 8.72. The van der Waals surface area contributed by atoms with E-state index in [9.17, 15) is 14.4 Å². The lowest BCUT2D eigenvalue weighted by Crippen LogP contribution is -2.50. The van der Waals surface area contributed by atoms with Crippen LogP contribution in [0.1, 0.15) is 56.1 Å². The summed E-state index contributed by atoms with van der Waals surface area (Å²) in [4.78, 5) is 38.4. The average molecular weight is 451 g/mol. The Hall–Kier alpha value is -3.35. The first kappa shape index (κ1) is 22.8. The van der Waals surface area contributed by atoms with Gasteiger partial charge in [0, 0.05) is 18.5 Å². The van der Waals surface area contributed by atoms with Gasteiger partial charge < -0.3 is 20.1 Å². The number of ether oxygens (including phenoxy) is 1. The number of amides is 2. The van der Waals surface area contributed by atoms with Gasteiger partial charge in [0.25, 0.3) is 0 Å². The fourth-order valence-corrected chi connectivity index (χ4v) is 4.60. The van der Waals surface area contributed by atoms with E-state index in [1.165, 1.54) is 0 Å². The van der Waals surface area contributed by atoms with Crippen molar-refractivity contribution in [3.63, 3.8) is 0 Å². The highest BCUT2D eigenvalue weighted by molar-refractivity contribution is 5.86. The Morgan fingerprint density at radius 2 is 1.67 bits per heavy atom. The maximum Gasteiger partial charge on any atom is 0.407 e. The molecule has 2 aromatic carbocycles. The third kappa shape index (κ3) is 5.18. The molecule has 2 aromatic rings. The Morgan fingerprint density at radius 1 is 1.06 bits per heavy atom. The van der Waals surface area contributed by atoms with E-state index in [0.29, 0.717) is 12.8 Å². The summed E-state index contributed by atoms with van der Waals surface area (Å²) >= 11 is 0. The number of rotatable bonds is 10. The molecule has 33 heavy (non-hydrogen) atoms. The molecule has 0 radical (unpaired) electrons. The van der Waals surface area contributed by atoms with Crippen molar-refractivity contribution in [1.82, 2.24) is 10.2 Å². The monoisotopic (exact) mass is 450 g/mol. The maximum atomic E-state index is 13.1. The summed E-state index contributed by atoms with van der Waals surface area (Å²) in [6.07, 6.45) is 2.19. The van der Waals surface area contributed by atoms with Crippen LogP contribution in [0.4, 0.5) is 4.79 Å². The summed E-state index contributed by atoms with van der Waals surface area (Å²) in [5, 5.41) is 11.8. The Bertz CT molecular complexity index is 987. The zero-order chi connectivity index (χ0) is 23.4. The van der Waals surface area contributed by atoms with Crippen molar-refractivity contribution in [2.45, 2.75) is 57.0 Å². The molecule has 4 rings (SSSR count). The largest absolute Gasteiger partial charge is 0.481 e. The molecule has 1 unspecified atom stereocenters. The first-order valence-corrected chi connectivity index (χ1v) is 11.6. The van der Waals surface area contributed by atoms with Gasteiger partial charge in [-0.05, 0) is 41.5 Å². The number of aliphatic carboxylic acids is 1. The minimum atomic E-state index is -0.940. The van der Waals surface area contributed by atoms with E-state index in [1.807, 2.05) is 31.2 Å². The number of fused-ring (bicyclic) bond motifs is 3. The second-order valence-electron chi connectivity index (χ2n) is 8.72. The molecule has 0 spiro atoms. The fraction of sp³-hybridized carbons (Fsp3) is 0.423. The minimum absolute atomic E-state index is 0.0537. The lowest BCUT2D eigenvalue weighted by atomic mass is 9.98. The van der Waals surface area contributed by atoms with E-state index in [-0.39, 0.29) is 37.4 Å². The number of carboxylic acids is 1. The van der Waals surface area contributed by atoms with Gasteiger partial charge in [0.05, 0.1) is 6.42 Å². The number of benzene rings is 2. The molecule has 2 aliphatic carbocycles. The highest BCUT2D eigenvalue weighted by Gasteiger charge is 2.36. The van der Waals surface area contributed by atoms with Crippen molar-refractivity contribution in [2.75, 3.05) is 13.2 Å². The van der Waals surface area contributed by atoms with Crippen LogP contribution in [0.3, 0.4) is 0 Å². The standard InChI is InChI=1S/C26H30N2O5/c1-2-7-23(25(31)28(17-12-13-17)15-14-24(29)30)27-26(32)33-16-22-20-10-5-3-8-18(20)19-9-4-6-11-21(19)22/h3-6,8-11,17,22-23H,2,7,12-16H2,1H3,(H,27,32)(H,29,30). The van der Waals surface area contributed by atoms with Gasteiger partial charge in [0.15, 0.2) is 0 Å². The van der Waals surface area contributed by atoms with Gasteiger partial charge in [0.1, 0.15) is 12.6 Å². The molecular weight excluding hydrogens is 420 g/mol. The van der Waals surface area contributed by atoms with Gasteiger partial charge in [-0.15, -0.1) is 0 Å². The van der Waals surface area contributed by atoms with Crippen LogP contribution in [0.5, 0.6) is 0 Å². The number of nitrogens with zero attached hydrogens (tertiary/aromatic N) is 1. The number of carboxylic acid groups (broad SMARTS) is 1. The number of hydrogen-bond donors (Lipinski definition) is 2. The predicted molar refractivity (Wildman–Crippen MR) is 124 cm³/mol. The summed E-state index contributed by atoms with van der Waals surface area (Å²) in [5.74, 6) is -1.22. The van der Waals surface area contributed by atoms with Gasteiger partial charge >= 0.3 is 12.1 Å². The van der Waals surface area contributed by atoms with Crippen molar-refractivity contribution in [2.24, 2.45) is 0 Å². The van der Waals surface area contributed by atoms with Crippen LogP contribution in [0, 0.1) is 0 Å². The summed E-state index contributed by atoms with van der Waals surface area (Å²) in [5.41, 5.74) is 4.56. The molecule has 1 atom stereocenters. The molecular formula is C26H30N2O5. The van der Waals surface area contributed by atoms with Gasteiger partial charge in [-0.25, -0.2) is 4.79 Å². The van der Waals surface area contributed by atoms with E-state index < -0.39 is 18.1 Å². The first-order chi connectivity index (χ1) is 16.0. The van der Waals surface area contributed by atoms with Crippen LogP contribution in [0.25, 0.3) is 11.1 Å². The zero-order valence-electron chi connectivity index (χ0n) is 18.8. The number of carbonyl (C=O) groups is 3. The van der Waals surface area contributed by atoms with Crippen LogP contribution in [0.2, 0.25) is 0 Å². The second kappa shape index (κ2) is 10.1.